The summed E-state index contributed by atoms with van der Waals surface area (Å²) in [6.45, 7) is 18.8. The van der Waals surface area contributed by atoms with Crippen LogP contribution in [0.3, 0.4) is 0 Å². The summed E-state index contributed by atoms with van der Waals surface area (Å²) in [7, 11) is 0. The molecule has 120 valence electrons. The topological polar surface area (TPSA) is 24.1 Å². The standard InChI is InChI=1S/C18H38N2/c1-8-13-19-17(7)18(10-3)12-11-15(5)20-16(6)14(4)9-2/h10,14-20H,3,8-9,11-13H2,1-2,4-7H3. The van der Waals surface area contributed by atoms with Gasteiger partial charge in [0.25, 0.3) is 0 Å². The first-order valence-corrected chi connectivity index (χ1v) is 8.58. The summed E-state index contributed by atoms with van der Waals surface area (Å²) >= 11 is 0. The summed E-state index contributed by atoms with van der Waals surface area (Å²) in [5, 5.41) is 7.32. The molecule has 0 spiro atoms. The van der Waals surface area contributed by atoms with Gasteiger partial charge in [-0.1, -0.05) is 33.3 Å². The van der Waals surface area contributed by atoms with Crippen LogP contribution in [-0.4, -0.2) is 24.7 Å². The molecular formula is C18H38N2. The maximum Gasteiger partial charge on any atom is 0.0101 e. The van der Waals surface area contributed by atoms with E-state index < -0.39 is 0 Å². The minimum atomic E-state index is 0.534. The molecule has 0 radical (unpaired) electrons. The number of hydrogen-bond donors (Lipinski definition) is 2. The molecule has 2 N–H and O–H groups in total. The summed E-state index contributed by atoms with van der Waals surface area (Å²) in [5.74, 6) is 1.32. The van der Waals surface area contributed by atoms with Gasteiger partial charge in [-0.3, -0.25) is 0 Å². The first kappa shape index (κ1) is 19.7. The largest absolute Gasteiger partial charge is 0.314 e. The van der Waals surface area contributed by atoms with Gasteiger partial charge in [0.1, 0.15) is 0 Å². The van der Waals surface area contributed by atoms with Crippen molar-refractivity contribution in [3.63, 3.8) is 0 Å². The fourth-order valence-corrected chi connectivity index (χ4v) is 2.59. The molecule has 2 heteroatoms. The van der Waals surface area contributed by atoms with Gasteiger partial charge in [-0.2, -0.15) is 0 Å². The molecule has 20 heavy (non-hydrogen) atoms. The second-order valence-electron chi connectivity index (χ2n) is 6.46. The maximum atomic E-state index is 4.01. The summed E-state index contributed by atoms with van der Waals surface area (Å²) in [6.07, 6.45) is 6.99. The molecule has 0 aliphatic rings. The highest BCUT2D eigenvalue weighted by molar-refractivity contribution is 4.87. The molecule has 0 aliphatic carbocycles. The molecule has 0 bridgehead atoms. The van der Waals surface area contributed by atoms with E-state index in [1.165, 1.54) is 25.7 Å². The van der Waals surface area contributed by atoms with Crippen molar-refractivity contribution in [1.29, 1.82) is 0 Å². The van der Waals surface area contributed by atoms with Gasteiger partial charge in [-0.05, 0) is 58.4 Å². The van der Waals surface area contributed by atoms with Gasteiger partial charge >= 0.3 is 0 Å². The second-order valence-corrected chi connectivity index (χ2v) is 6.46. The Bertz CT molecular complexity index is 240. The van der Waals surface area contributed by atoms with Gasteiger partial charge in [0.2, 0.25) is 0 Å². The SMILES string of the molecule is C=CC(CCC(C)NC(C)C(C)CC)C(C)NCCC. The van der Waals surface area contributed by atoms with Crippen LogP contribution in [0.2, 0.25) is 0 Å². The van der Waals surface area contributed by atoms with Gasteiger partial charge in [-0.25, -0.2) is 0 Å². The van der Waals surface area contributed by atoms with Crippen molar-refractivity contribution in [2.75, 3.05) is 6.54 Å². The van der Waals surface area contributed by atoms with Crippen molar-refractivity contribution < 1.29 is 0 Å². The van der Waals surface area contributed by atoms with Crippen molar-refractivity contribution >= 4 is 0 Å². The normalized spacial score (nSPS) is 19.1. The van der Waals surface area contributed by atoms with Crippen LogP contribution in [0, 0.1) is 11.8 Å². The molecule has 0 fully saturated rings. The Hall–Kier alpha value is -0.340. The van der Waals surface area contributed by atoms with Crippen molar-refractivity contribution in [1.82, 2.24) is 10.6 Å². The quantitative estimate of drug-likeness (QED) is 0.519. The van der Waals surface area contributed by atoms with Crippen molar-refractivity contribution in [3.8, 4) is 0 Å². The third-order valence-electron chi connectivity index (χ3n) is 4.64. The summed E-state index contributed by atoms with van der Waals surface area (Å²) in [4.78, 5) is 0. The Balaban J connectivity index is 4.06. The number of hydrogen-bond acceptors (Lipinski definition) is 2. The molecule has 0 saturated heterocycles. The predicted octanol–water partition coefficient (Wildman–Crippen LogP) is 4.37. The molecule has 0 aromatic carbocycles. The fourth-order valence-electron chi connectivity index (χ4n) is 2.59. The second kappa shape index (κ2) is 11.3. The van der Waals surface area contributed by atoms with Gasteiger partial charge in [0, 0.05) is 18.1 Å². The minimum Gasteiger partial charge on any atom is -0.314 e. The van der Waals surface area contributed by atoms with Crippen LogP contribution in [0.15, 0.2) is 12.7 Å². The van der Waals surface area contributed by atoms with E-state index in [0.29, 0.717) is 24.0 Å². The average Bonchev–Trinajstić information content (AvgIpc) is 2.44. The average molecular weight is 283 g/mol. The van der Waals surface area contributed by atoms with Crippen LogP contribution in [0.4, 0.5) is 0 Å². The van der Waals surface area contributed by atoms with Gasteiger partial charge in [-0.15, -0.1) is 6.58 Å². The van der Waals surface area contributed by atoms with Gasteiger partial charge < -0.3 is 10.6 Å². The van der Waals surface area contributed by atoms with Crippen molar-refractivity contribution in [2.24, 2.45) is 11.8 Å². The van der Waals surface area contributed by atoms with E-state index in [9.17, 15) is 0 Å². The Labute approximate surface area is 127 Å². The van der Waals surface area contributed by atoms with Crippen molar-refractivity contribution in [2.45, 2.75) is 85.4 Å². The third-order valence-corrected chi connectivity index (χ3v) is 4.64. The molecular weight excluding hydrogens is 244 g/mol. The van der Waals surface area contributed by atoms with Crippen molar-refractivity contribution in [3.05, 3.63) is 12.7 Å². The predicted molar refractivity (Wildman–Crippen MR) is 92.2 cm³/mol. The molecule has 0 heterocycles. The van der Waals surface area contributed by atoms with Crippen LogP contribution in [-0.2, 0) is 0 Å². The molecule has 2 nitrogen and oxygen atoms in total. The first-order valence-electron chi connectivity index (χ1n) is 8.58. The molecule has 0 amide bonds. The molecule has 0 rings (SSSR count). The lowest BCUT2D eigenvalue weighted by molar-refractivity contribution is 0.326. The van der Waals surface area contributed by atoms with E-state index in [4.69, 9.17) is 0 Å². The van der Waals surface area contributed by atoms with E-state index in [2.05, 4.69) is 64.8 Å². The highest BCUT2D eigenvalue weighted by Gasteiger charge is 2.16. The molecule has 5 unspecified atom stereocenters. The van der Waals surface area contributed by atoms with E-state index in [-0.39, 0.29) is 0 Å². The summed E-state index contributed by atoms with van der Waals surface area (Å²) in [5.41, 5.74) is 0. The van der Waals surface area contributed by atoms with Gasteiger partial charge in [0.15, 0.2) is 0 Å². The first-order chi connectivity index (χ1) is 9.46. The highest BCUT2D eigenvalue weighted by Crippen LogP contribution is 2.16. The highest BCUT2D eigenvalue weighted by atomic mass is 14.9. The summed E-state index contributed by atoms with van der Waals surface area (Å²) in [6, 6.07) is 1.72. The Morgan fingerprint density at radius 2 is 1.65 bits per heavy atom. The lowest BCUT2D eigenvalue weighted by Crippen LogP contribution is -2.39. The van der Waals surface area contributed by atoms with Crippen LogP contribution in [0.25, 0.3) is 0 Å². The zero-order valence-electron chi connectivity index (χ0n) is 14.7. The lowest BCUT2D eigenvalue weighted by Gasteiger charge is -2.27. The smallest absolute Gasteiger partial charge is 0.0101 e. The Kier molecular flexibility index (Phi) is 11.1. The fraction of sp³-hybridized carbons (Fsp3) is 0.889. The molecule has 0 aromatic heterocycles. The molecule has 0 aliphatic heterocycles. The van der Waals surface area contributed by atoms with Crippen LogP contribution >= 0.6 is 0 Å². The molecule has 5 atom stereocenters. The Morgan fingerprint density at radius 1 is 1.00 bits per heavy atom. The maximum absolute atomic E-state index is 4.01. The van der Waals surface area contributed by atoms with E-state index in [1.807, 2.05) is 0 Å². The zero-order chi connectivity index (χ0) is 15.5. The third kappa shape index (κ3) is 8.06. The number of rotatable bonds is 12. The van der Waals surface area contributed by atoms with E-state index in [0.717, 1.165) is 12.5 Å². The van der Waals surface area contributed by atoms with Crippen LogP contribution in [0.1, 0.15) is 67.2 Å². The Morgan fingerprint density at radius 3 is 2.15 bits per heavy atom. The van der Waals surface area contributed by atoms with Gasteiger partial charge in [0.05, 0.1) is 0 Å². The van der Waals surface area contributed by atoms with E-state index in [1.54, 1.807) is 0 Å². The summed E-state index contributed by atoms with van der Waals surface area (Å²) < 4.78 is 0. The van der Waals surface area contributed by atoms with Crippen LogP contribution in [0.5, 0.6) is 0 Å². The molecule has 0 saturated carbocycles. The monoisotopic (exact) mass is 282 g/mol. The number of nitrogens with one attached hydrogen (secondary N) is 2. The zero-order valence-corrected chi connectivity index (χ0v) is 14.7. The molecule has 0 aromatic rings. The minimum absolute atomic E-state index is 0.534. The lowest BCUT2D eigenvalue weighted by atomic mass is 9.93. The van der Waals surface area contributed by atoms with Crippen LogP contribution < -0.4 is 10.6 Å². The van der Waals surface area contributed by atoms with E-state index >= 15 is 0 Å².